The van der Waals surface area contributed by atoms with E-state index < -0.39 is 18.5 Å². The number of hydrogen-bond donors (Lipinski definition) is 1. The number of nitrogens with zero attached hydrogens (tertiary/aromatic N) is 2. The van der Waals surface area contributed by atoms with E-state index in [9.17, 15) is 14.4 Å². The Hall–Kier alpha value is -3.66. The van der Waals surface area contributed by atoms with E-state index in [4.69, 9.17) is 10.00 Å². The molecule has 0 aliphatic rings. The highest BCUT2D eigenvalue weighted by Crippen LogP contribution is 2.19. The van der Waals surface area contributed by atoms with Crippen molar-refractivity contribution in [1.82, 2.24) is 4.90 Å². The number of ether oxygens (including phenoxy) is 1. The Labute approximate surface area is 163 Å². The van der Waals surface area contributed by atoms with Gasteiger partial charge in [-0.2, -0.15) is 5.26 Å². The van der Waals surface area contributed by atoms with Gasteiger partial charge in [-0.05, 0) is 49.2 Å². The van der Waals surface area contributed by atoms with Crippen LogP contribution in [-0.2, 0) is 14.3 Å². The van der Waals surface area contributed by atoms with E-state index in [2.05, 4.69) is 5.32 Å². The van der Waals surface area contributed by atoms with Crippen molar-refractivity contribution in [2.45, 2.75) is 13.8 Å². The van der Waals surface area contributed by atoms with E-state index in [1.165, 1.54) is 36.2 Å². The van der Waals surface area contributed by atoms with Gasteiger partial charge in [0.15, 0.2) is 6.61 Å². The predicted molar refractivity (Wildman–Crippen MR) is 104 cm³/mol. The summed E-state index contributed by atoms with van der Waals surface area (Å²) in [5.74, 6) is -1.52. The number of carbonyl (C=O) groups is 3. The first-order valence-electron chi connectivity index (χ1n) is 8.59. The Morgan fingerprint density at radius 2 is 1.68 bits per heavy atom. The Balaban J connectivity index is 1.85. The molecule has 0 unspecified atom stereocenters. The van der Waals surface area contributed by atoms with Crippen LogP contribution in [0.15, 0.2) is 42.5 Å². The number of rotatable bonds is 6. The van der Waals surface area contributed by atoms with Gasteiger partial charge in [0.2, 0.25) is 5.91 Å². The van der Waals surface area contributed by atoms with E-state index in [0.717, 1.165) is 16.8 Å². The summed E-state index contributed by atoms with van der Waals surface area (Å²) in [5.41, 5.74) is 3.24. The molecule has 0 aromatic heterocycles. The van der Waals surface area contributed by atoms with E-state index in [-0.39, 0.29) is 18.0 Å². The molecular weight excluding hydrogens is 358 g/mol. The van der Waals surface area contributed by atoms with Crippen LogP contribution in [0.4, 0.5) is 5.69 Å². The highest BCUT2D eigenvalue weighted by Gasteiger charge is 2.17. The van der Waals surface area contributed by atoms with Crippen molar-refractivity contribution in [1.29, 1.82) is 5.26 Å². The number of anilines is 1. The summed E-state index contributed by atoms with van der Waals surface area (Å²) in [5, 5.41) is 11.5. The lowest BCUT2D eigenvalue weighted by Gasteiger charge is -2.18. The molecule has 0 aliphatic heterocycles. The maximum absolute atomic E-state index is 12.2. The van der Waals surface area contributed by atoms with Crippen LogP contribution in [0.25, 0.3) is 0 Å². The number of amides is 2. The number of likely N-dealkylation sites (N-methyl/N-ethyl adjacent to an activating group) is 1. The fraction of sp³-hybridized carbons (Fsp3) is 0.238. The lowest BCUT2D eigenvalue weighted by molar-refractivity contribution is -0.136. The predicted octanol–water partition coefficient (Wildman–Crippen LogP) is 2.43. The van der Waals surface area contributed by atoms with Crippen molar-refractivity contribution in [3.05, 3.63) is 64.7 Å². The van der Waals surface area contributed by atoms with Gasteiger partial charge in [0.25, 0.3) is 5.91 Å². The van der Waals surface area contributed by atoms with Crippen molar-refractivity contribution in [3.8, 4) is 6.07 Å². The Morgan fingerprint density at radius 3 is 2.25 bits per heavy atom. The van der Waals surface area contributed by atoms with Crippen LogP contribution in [0.3, 0.4) is 0 Å². The third-order valence-corrected chi connectivity index (χ3v) is 4.13. The summed E-state index contributed by atoms with van der Waals surface area (Å²) >= 11 is 0. The molecule has 28 heavy (non-hydrogen) atoms. The zero-order valence-electron chi connectivity index (χ0n) is 16.0. The smallest absolute Gasteiger partial charge is 0.338 e. The minimum atomic E-state index is -0.675. The summed E-state index contributed by atoms with van der Waals surface area (Å²) in [6.07, 6.45) is 0. The molecule has 0 fully saturated rings. The Morgan fingerprint density at radius 1 is 1.07 bits per heavy atom. The zero-order valence-corrected chi connectivity index (χ0v) is 16.0. The summed E-state index contributed by atoms with van der Waals surface area (Å²) < 4.78 is 4.98. The average Bonchev–Trinajstić information content (AvgIpc) is 2.68. The molecular formula is C21H21N3O4. The van der Waals surface area contributed by atoms with Gasteiger partial charge in [0.05, 0.1) is 23.7 Å². The monoisotopic (exact) mass is 379 g/mol. The molecule has 0 heterocycles. The number of nitrogens with one attached hydrogen (secondary N) is 1. The number of carbonyl (C=O) groups excluding carboxylic acids is 3. The number of aryl methyl sites for hydroxylation is 2. The quantitative estimate of drug-likeness (QED) is 0.777. The van der Waals surface area contributed by atoms with E-state index in [1.54, 1.807) is 0 Å². The number of para-hydroxylation sites is 1. The number of hydrogen-bond acceptors (Lipinski definition) is 5. The van der Waals surface area contributed by atoms with Crippen LogP contribution < -0.4 is 5.32 Å². The van der Waals surface area contributed by atoms with Gasteiger partial charge >= 0.3 is 5.97 Å². The molecule has 7 nitrogen and oxygen atoms in total. The standard InChI is InChI=1S/C21H21N3O4/c1-14-5-4-6-15(2)20(14)23-18(25)12-24(3)19(26)13-28-21(27)17-9-7-16(11-22)8-10-17/h4-10H,12-13H2,1-3H3,(H,23,25). The molecule has 0 saturated heterocycles. The van der Waals surface area contributed by atoms with E-state index >= 15 is 0 Å². The fourth-order valence-corrected chi connectivity index (χ4v) is 2.50. The van der Waals surface area contributed by atoms with Crippen molar-refractivity contribution in [2.24, 2.45) is 0 Å². The number of nitriles is 1. The van der Waals surface area contributed by atoms with E-state index in [1.807, 2.05) is 38.1 Å². The molecule has 0 aliphatic carbocycles. The first kappa shape index (κ1) is 20.6. The highest BCUT2D eigenvalue weighted by atomic mass is 16.5. The lowest BCUT2D eigenvalue weighted by Crippen LogP contribution is -2.37. The van der Waals surface area contributed by atoms with Crippen LogP contribution in [-0.4, -0.2) is 42.9 Å². The molecule has 2 amide bonds. The molecule has 0 bridgehead atoms. The minimum Gasteiger partial charge on any atom is -0.452 e. The van der Waals surface area contributed by atoms with Gasteiger partial charge in [0.1, 0.15) is 0 Å². The fourth-order valence-electron chi connectivity index (χ4n) is 2.50. The highest BCUT2D eigenvalue weighted by molar-refractivity contribution is 5.96. The Bertz CT molecular complexity index is 909. The zero-order chi connectivity index (χ0) is 20.7. The first-order chi connectivity index (χ1) is 13.3. The second kappa shape index (κ2) is 9.33. The van der Waals surface area contributed by atoms with Gasteiger partial charge in [-0.3, -0.25) is 9.59 Å². The first-order valence-corrected chi connectivity index (χ1v) is 8.59. The minimum absolute atomic E-state index is 0.166. The van der Waals surface area contributed by atoms with Crippen molar-refractivity contribution in [2.75, 3.05) is 25.5 Å². The van der Waals surface area contributed by atoms with Crippen LogP contribution >= 0.6 is 0 Å². The third kappa shape index (κ3) is 5.42. The maximum Gasteiger partial charge on any atom is 0.338 e. The molecule has 1 N–H and O–H groups in total. The molecule has 7 heteroatoms. The van der Waals surface area contributed by atoms with Gasteiger partial charge in [-0.25, -0.2) is 4.79 Å². The van der Waals surface area contributed by atoms with Gasteiger partial charge in [-0.15, -0.1) is 0 Å². The maximum atomic E-state index is 12.2. The molecule has 2 aromatic carbocycles. The van der Waals surface area contributed by atoms with E-state index in [0.29, 0.717) is 5.56 Å². The lowest BCUT2D eigenvalue weighted by atomic mass is 10.1. The second-order valence-electron chi connectivity index (χ2n) is 6.33. The SMILES string of the molecule is Cc1cccc(C)c1NC(=O)CN(C)C(=O)COC(=O)c1ccc(C#N)cc1. The molecule has 0 saturated carbocycles. The number of benzene rings is 2. The normalized spacial score (nSPS) is 9.93. The van der Waals surface area contributed by atoms with Crippen molar-refractivity contribution < 1.29 is 19.1 Å². The summed E-state index contributed by atoms with van der Waals surface area (Å²) in [7, 11) is 1.46. The van der Waals surface area contributed by atoms with Crippen LogP contribution in [0.5, 0.6) is 0 Å². The molecule has 0 atom stereocenters. The molecule has 2 rings (SSSR count). The summed E-state index contributed by atoms with van der Waals surface area (Å²) in [4.78, 5) is 37.5. The van der Waals surface area contributed by atoms with Crippen molar-refractivity contribution >= 4 is 23.5 Å². The largest absolute Gasteiger partial charge is 0.452 e. The Kier molecular flexibility index (Phi) is 6.88. The van der Waals surface area contributed by atoms with Crippen LogP contribution in [0.1, 0.15) is 27.0 Å². The molecule has 2 aromatic rings. The summed E-state index contributed by atoms with van der Waals surface area (Å²) in [6, 6.07) is 13.5. The van der Waals surface area contributed by atoms with Crippen LogP contribution in [0.2, 0.25) is 0 Å². The molecule has 144 valence electrons. The van der Waals surface area contributed by atoms with Gasteiger partial charge in [0, 0.05) is 12.7 Å². The van der Waals surface area contributed by atoms with Gasteiger partial charge < -0.3 is 15.0 Å². The third-order valence-electron chi connectivity index (χ3n) is 4.13. The molecule has 0 radical (unpaired) electrons. The van der Waals surface area contributed by atoms with Crippen LogP contribution in [0, 0.1) is 25.2 Å². The average molecular weight is 379 g/mol. The summed E-state index contributed by atoms with van der Waals surface area (Å²) in [6.45, 7) is 3.13. The van der Waals surface area contributed by atoms with Gasteiger partial charge in [-0.1, -0.05) is 18.2 Å². The molecule has 0 spiro atoms. The number of esters is 1. The second-order valence-corrected chi connectivity index (χ2v) is 6.33. The van der Waals surface area contributed by atoms with Crippen molar-refractivity contribution in [3.63, 3.8) is 0 Å². The topological polar surface area (TPSA) is 99.5 Å².